The highest BCUT2D eigenvalue weighted by molar-refractivity contribution is 6.74. The number of hydrogen-bond acceptors (Lipinski definition) is 4. The molecule has 24 heavy (non-hydrogen) atoms. The van der Waals surface area contributed by atoms with Gasteiger partial charge in [0.1, 0.15) is 11.4 Å². The first-order valence-corrected chi connectivity index (χ1v) is 11.8. The van der Waals surface area contributed by atoms with Crippen molar-refractivity contribution in [1.82, 2.24) is 0 Å². The summed E-state index contributed by atoms with van der Waals surface area (Å²) in [6, 6.07) is 0. The van der Waals surface area contributed by atoms with Crippen molar-refractivity contribution >= 4 is 20.1 Å². The summed E-state index contributed by atoms with van der Waals surface area (Å²) in [4.78, 5) is 24.8. The predicted octanol–water partition coefficient (Wildman–Crippen LogP) is 5.11. The number of rotatable bonds is 7. The highest BCUT2D eigenvalue weighted by atomic mass is 28.4. The number of esters is 1. The van der Waals surface area contributed by atoms with Crippen molar-refractivity contribution in [3.8, 4) is 0 Å². The van der Waals surface area contributed by atoms with Gasteiger partial charge in [0, 0.05) is 11.8 Å². The Hall–Kier alpha value is -0.683. The monoisotopic (exact) mass is 358 g/mol. The second-order valence-electron chi connectivity index (χ2n) is 9.66. The van der Waals surface area contributed by atoms with E-state index in [1.807, 2.05) is 41.5 Å². The van der Waals surface area contributed by atoms with Crippen molar-refractivity contribution in [2.45, 2.75) is 105 Å². The third-order valence-electron chi connectivity index (χ3n) is 4.86. The van der Waals surface area contributed by atoms with Gasteiger partial charge in [-0.2, -0.15) is 0 Å². The minimum absolute atomic E-state index is 0.00449. The van der Waals surface area contributed by atoms with Crippen molar-refractivity contribution < 1.29 is 18.8 Å². The molecule has 0 heterocycles. The average Bonchev–Trinajstić information content (AvgIpc) is 2.32. The zero-order chi connectivity index (χ0) is 19.6. The highest BCUT2D eigenvalue weighted by Gasteiger charge is 2.45. The molecule has 0 spiro atoms. The number of ketones is 1. The van der Waals surface area contributed by atoms with Gasteiger partial charge in [-0.3, -0.25) is 9.59 Å². The van der Waals surface area contributed by atoms with Crippen molar-refractivity contribution in [1.29, 1.82) is 0 Å². The maximum Gasteiger partial charge on any atom is 0.308 e. The fourth-order valence-corrected chi connectivity index (χ4v) is 3.59. The molecule has 0 aromatic heterocycles. The van der Waals surface area contributed by atoms with E-state index in [0.29, 0.717) is 6.42 Å². The second-order valence-corrected chi connectivity index (χ2v) is 14.4. The van der Waals surface area contributed by atoms with Gasteiger partial charge in [-0.15, -0.1) is 0 Å². The van der Waals surface area contributed by atoms with Crippen LogP contribution in [0.2, 0.25) is 18.1 Å². The summed E-state index contributed by atoms with van der Waals surface area (Å²) in [7, 11) is -2.12. The van der Waals surface area contributed by atoms with E-state index in [0.717, 1.165) is 0 Å². The zero-order valence-corrected chi connectivity index (χ0v) is 18.6. The Balaban J connectivity index is 5.55. The van der Waals surface area contributed by atoms with E-state index >= 15 is 0 Å². The smallest absolute Gasteiger partial charge is 0.308 e. The Morgan fingerprint density at radius 2 is 1.42 bits per heavy atom. The fourth-order valence-electron chi connectivity index (χ4n) is 2.15. The minimum atomic E-state index is -2.12. The van der Waals surface area contributed by atoms with Gasteiger partial charge in [-0.25, -0.2) is 0 Å². The predicted molar refractivity (Wildman–Crippen MR) is 102 cm³/mol. The van der Waals surface area contributed by atoms with Crippen LogP contribution < -0.4 is 0 Å². The standard InChI is InChI=1S/C19H38O4Si/c1-12-14(20)19(8,9)15(13-16(21)22-17(2,3)4)23-24(10,11)18(5,6)7/h15H,12-13H2,1-11H3/t15-/m1/s1. The first kappa shape index (κ1) is 23.3. The molecule has 0 aliphatic heterocycles. The van der Waals surface area contributed by atoms with Crippen molar-refractivity contribution in [3.63, 3.8) is 0 Å². The van der Waals surface area contributed by atoms with E-state index in [9.17, 15) is 9.59 Å². The summed E-state index contributed by atoms with van der Waals surface area (Å²) in [6.45, 7) is 21.9. The van der Waals surface area contributed by atoms with Gasteiger partial charge < -0.3 is 9.16 Å². The number of carbonyl (C=O) groups excluding carboxylic acids is 2. The van der Waals surface area contributed by atoms with E-state index in [1.165, 1.54) is 0 Å². The number of hydrogen-bond donors (Lipinski definition) is 0. The Labute approximate surface area is 149 Å². The van der Waals surface area contributed by atoms with Crippen LogP contribution in [-0.4, -0.2) is 31.8 Å². The SMILES string of the molecule is CCC(=O)C(C)(C)[C@@H](CC(=O)OC(C)(C)C)O[Si](C)(C)C(C)(C)C. The quantitative estimate of drug-likeness (QED) is 0.468. The molecule has 5 heteroatoms. The summed E-state index contributed by atoms with van der Waals surface area (Å²) in [5.74, 6) is -0.210. The molecule has 0 amide bonds. The molecule has 1 atom stereocenters. The summed E-state index contributed by atoms with van der Waals surface area (Å²) in [6.07, 6.45) is 0.0574. The topological polar surface area (TPSA) is 52.6 Å². The molecule has 4 nitrogen and oxygen atoms in total. The largest absolute Gasteiger partial charge is 0.460 e. The van der Waals surface area contributed by atoms with Crippen LogP contribution in [0.4, 0.5) is 0 Å². The van der Waals surface area contributed by atoms with Crippen molar-refractivity contribution in [2.24, 2.45) is 5.41 Å². The molecule has 0 N–H and O–H groups in total. The molecule has 0 bridgehead atoms. The zero-order valence-electron chi connectivity index (χ0n) is 17.6. The van der Waals surface area contributed by atoms with Crippen LogP contribution in [0.5, 0.6) is 0 Å². The lowest BCUT2D eigenvalue weighted by Gasteiger charge is -2.43. The average molecular weight is 359 g/mol. The Morgan fingerprint density at radius 3 is 1.75 bits per heavy atom. The lowest BCUT2D eigenvalue weighted by atomic mass is 9.79. The lowest BCUT2D eigenvalue weighted by Crippen LogP contribution is -2.51. The molecule has 0 aromatic carbocycles. The molecule has 0 fully saturated rings. The van der Waals surface area contributed by atoms with E-state index in [-0.39, 0.29) is 23.2 Å². The van der Waals surface area contributed by atoms with Crippen molar-refractivity contribution in [3.05, 3.63) is 0 Å². The van der Waals surface area contributed by atoms with E-state index in [1.54, 1.807) is 0 Å². The molecular weight excluding hydrogens is 320 g/mol. The minimum Gasteiger partial charge on any atom is -0.460 e. The fraction of sp³-hybridized carbons (Fsp3) is 0.895. The molecule has 0 unspecified atom stereocenters. The van der Waals surface area contributed by atoms with E-state index < -0.39 is 25.4 Å². The van der Waals surface area contributed by atoms with Gasteiger partial charge in [0.2, 0.25) is 0 Å². The maximum atomic E-state index is 12.5. The van der Waals surface area contributed by atoms with Gasteiger partial charge in [-0.1, -0.05) is 41.5 Å². The van der Waals surface area contributed by atoms with Crippen LogP contribution >= 0.6 is 0 Å². The molecule has 0 rings (SSSR count). The molecule has 0 saturated carbocycles. The number of carbonyl (C=O) groups is 2. The third-order valence-corrected chi connectivity index (χ3v) is 9.35. The second kappa shape index (κ2) is 7.69. The van der Waals surface area contributed by atoms with E-state index in [4.69, 9.17) is 9.16 Å². The molecule has 0 aromatic rings. The first-order chi connectivity index (χ1) is 10.4. The maximum absolute atomic E-state index is 12.5. The summed E-state index contributed by atoms with van der Waals surface area (Å²) in [5, 5.41) is 0.00449. The van der Waals surface area contributed by atoms with Crippen LogP contribution in [0.1, 0.15) is 75.2 Å². The van der Waals surface area contributed by atoms with Gasteiger partial charge in [0.15, 0.2) is 8.32 Å². The van der Waals surface area contributed by atoms with Gasteiger partial charge in [0.05, 0.1) is 12.5 Å². The van der Waals surface area contributed by atoms with Gasteiger partial charge in [0.25, 0.3) is 0 Å². The summed E-state index contributed by atoms with van der Waals surface area (Å²) < 4.78 is 12.0. The molecule has 0 radical (unpaired) electrons. The molecule has 0 saturated heterocycles. The van der Waals surface area contributed by atoms with Crippen molar-refractivity contribution in [2.75, 3.05) is 0 Å². The van der Waals surface area contributed by atoms with Crippen LogP contribution in [0.3, 0.4) is 0 Å². The Bertz CT molecular complexity index is 453. The lowest BCUT2D eigenvalue weighted by molar-refractivity contribution is -0.159. The summed E-state index contributed by atoms with van der Waals surface area (Å²) in [5.41, 5.74) is -1.27. The third kappa shape index (κ3) is 6.67. The molecular formula is C19H38O4Si. The van der Waals surface area contributed by atoms with Crippen LogP contribution in [0, 0.1) is 5.41 Å². The summed E-state index contributed by atoms with van der Waals surface area (Å²) >= 11 is 0. The van der Waals surface area contributed by atoms with Crippen LogP contribution in [0.25, 0.3) is 0 Å². The normalized spacial score (nSPS) is 15.1. The van der Waals surface area contributed by atoms with E-state index in [2.05, 4.69) is 33.9 Å². The number of ether oxygens (including phenoxy) is 1. The first-order valence-electron chi connectivity index (χ1n) is 8.87. The highest BCUT2D eigenvalue weighted by Crippen LogP contribution is 2.41. The van der Waals surface area contributed by atoms with Gasteiger partial charge >= 0.3 is 5.97 Å². The molecule has 0 aliphatic carbocycles. The number of Topliss-reactive ketones (excluding diaryl/α,β-unsaturated/α-hetero) is 1. The van der Waals surface area contributed by atoms with Gasteiger partial charge in [-0.05, 0) is 38.9 Å². The van der Waals surface area contributed by atoms with Crippen LogP contribution in [-0.2, 0) is 18.8 Å². The molecule has 0 aliphatic rings. The van der Waals surface area contributed by atoms with Crippen LogP contribution in [0.15, 0.2) is 0 Å². The molecule has 142 valence electrons. The Morgan fingerprint density at radius 1 is 0.958 bits per heavy atom. The Kier molecular flexibility index (Phi) is 7.47.